The number of amides is 1. The van der Waals surface area contributed by atoms with E-state index in [1.165, 1.54) is 0 Å². The van der Waals surface area contributed by atoms with E-state index in [9.17, 15) is 4.79 Å². The zero-order chi connectivity index (χ0) is 16.1. The topological polar surface area (TPSA) is 68.2 Å². The smallest absolute Gasteiger partial charge is 0.410 e. The number of terminal acetylenes is 1. The number of hydrogen-bond donors (Lipinski definition) is 1. The van der Waals surface area contributed by atoms with Gasteiger partial charge in [0.15, 0.2) is 0 Å². The van der Waals surface area contributed by atoms with Gasteiger partial charge in [-0.25, -0.2) is 4.79 Å². The highest BCUT2D eigenvalue weighted by molar-refractivity contribution is 5.68. The Morgan fingerprint density at radius 3 is 2.29 bits per heavy atom. The molecule has 1 amide bonds. The van der Waals surface area contributed by atoms with Crippen LogP contribution in [0.1, 0.15) is 27.2 Å². The van der Waals surface area contributed by atoms with Crippen LogP contribution in [0.15, 0.2) is 0 Å². The van der Waals surface area contributed by atoms with Gasteiger partial charge in [-0.3, -0.25) is 0 Å². The normalized spacial score (nSPS) is 11.0. The van der Waals surface area contributed by atoms with E-state index in [4.69, 9.17) is 25.7 Å². The minimum Gasteiger partial charge on any atom is -0.444 e. The Morgan fingerprint density at radius 2 is 1.76 bits per heavy atom. The fraction of sp³-hybridized carbons (Fsp3) is 0.800. The van der Waals surface area contributed by atoms with Gasteiger partial charge in [-0.1, -0.05) is 0 Å². The number of rotatable bonds is 10. The lowest BCUT2D eigenvalue weighted by Crippen LogP contribution is -2.39. The van der Waals surface area contributed by atoms with E-state index >= 15 is 0 Å². The number of nitrogens with zero attached hydrogens (tertiary/aromatic N) is 1. The number of carbonyl (C=O) groups is 1. The third-order valence-corrected chi connectivity index (χ3v) is 2.29. The van der Waals surface area contributed by atoms with E-state index in [0.717, 1.165) is 0 Å². The predicted molar refractivity (Wildman–Crippen MR) is 80.0 cm³/mol. The Morgan fingerprint density at radius 1 is 1.14 bits per heavy atom. The summed E-state index contributed by atoms with van der Waals surface area (Å²) in [6.45, 7) is 7.82. The molecule has 21 heavy (non-hydrogen) atoms. The first kappa shape index (κ1) is 19.7. The summed E-state index contributed by atoms with van der Waals surface area (Å²) >= 11 is 0. The van der Waals surface area contributed by atoms with Crippen LogP contribution in [-0.2, 0) is 14.2 Å². The maximum atomic E-state index is 12.0. The molecule has 0 rings (SSSR count). The minimum absolute atomic E-state index is 0.00148. The van der Waals surface area contributed by atoms with E-state index < -0.39 is 11.7 Å². The van der Waals surface area contributed by atoms with Crippen molar-refractivity contribution in [3.8, 4) is 12.3 Å². The third-order valence-electron chi connectivity index (χ3n) is 2.29. The zero-order valence-electron chi connectivity index (χ0n) is 13.3. The highest BCUT2D eigenvalue weighted by Crippen LogP contribution is 2.10. The van der Waals surface area contributed by atoms with Crippen LogP contribution >= 0.6 is 0 Å². The fourth-order valence-electron chi connectivity index (χ4n) is 1.38. The average Bonchev–Trinajstić information content (AvgIpc) is 2.39. The summed E-state index contributed by atoms with van der Waals surface area (Å²) in [7, 11) is 0. The second kappa shape index (κ2) is 11.4. The summed E-state index contributed by atoms with van der Waals surface area (Å²) in [5, 5.41) is 8.54. The lowest BCUT2D eigenvalue weighted by atomic mass is 10.2. The Labute approximate surface area is 127 Å². The lowest BCUT2D eigenvalue weighted by Gasteiger charge is -2.27. The van der Waals surface area contributed by atoms with Gasteiger partial charge in [0.25, 0.3) is 0 Å². The molecule has 122 valence electrons. The van der Waals surface area contributed by atoms with Crippen LogP contribution in [0.5, 0.6) is 0 Å². The van der Waals surface area contributed by atoms with Gasteiger partial charge in [-0.15, -0.1) is 12.3 Å². The second-order valence-corrected chi connectivity index (χ2v) is 5.37. The third kappa shape index (κ3) is 12.2. The van der Waals surface area contributed by atoms with E-state index in [2.05, 4.69) is 5.92 Å². The van der Waals surface area contributed by atoms with Gasteiger partial charge < -0.3 is 24.2 Å². The van der Waals surface area contributed by atoms with Crippen molar-refractivity contribution in [3.63, 3.8) is 0 Å². The Bertz CT molecular complexity index is 319. The SMILES string of the molecule is C#CCCN(CCOCCOCCO)C(=O)OC(C)(C)C. The van der Waals surface area contributed by atoms with Gasteiger partial charge in [0.2, 0.25) is 0 Å². The molecule has 0 aliphatic heterocycles. The summed E-state index contributed by atoms with van der Waals surface area (Å²) in [4.78, 5) is 13.5. The molecule has 0 aromatic heterocycles. The van der Waals surface area contributed by atoms with Crippen molar-refractivity contribution < 1.29 is 24.1 Å². The molecule has 0 bridgehead atoms. The Balaban J connectivity index is 4.01. The molecule has 0 radical (unpaired) electrons. The highest BCUT2D eigenvalue weighted by atomic mass is 16.6. The van der Waals surface area contributed by atoms with Crippen molar-refractivity contribution in [1.29, 1.82) is 0 Å². The fourth-order valence-corrected chi connectivity index (χ4v) is 1.38. The summed E-state index contributed by atoms with van der Waals surface area (Å²) in [6.07, 6.45) is 5.31. The molecule has 0 atom stereocenters. The van der Waals surface area contributed by atoms with Gasteiger partial charge in [0.05, 0.1) is 33.0 Å². The number of aliphatic hydroxyl groups excluding tert-OH is 1. The number of aliphatic hydroxyl groups is 1. The van der Waals surface area contributed by atoms with Crippen molar-refractivity contribution in [1.82, 2.24) is 4.90 Å². The second-order valence-electron chi connectivity index (χ2n) is 5.37. The molecule has 0 fully saturated rings. The van der Waals surface area contributed by atoms with Gasteiger partial charge in [-0.2, -0.15) is 0 Å². The van der Waals surface area contributed by atoms with E-state index in [0.29, 0.717) is 45.9 Å². The zero-order valence-corrected chi connectivity index (χ0v) is 13.3. The molecule has 0 aliphatic carbocycles. The predicted octanol–water partition coefficient (Wildman–Crippen LogP) is 1.27. The molecule has 0 saturated heterocycles. The quantitative estimate of drug-likeness (QED) is 0.486. The van der Waals surface area contributed by atoms with Crippen LogP contribution in [0.4, 0.5) is 4.79 Å². The number of carbonyl (C=O) groups excluding carboxylic acids is 1. The summed E-state index contributed by atoms with van der Waals surface area (Å²) in [5.41, 5.74) is -0.537. The standard InChI is InChI=1S/C15H27NO5/c1-5-6-7-16(14(18)21-15(2,3)4)8-10-19-12-13-20-11-9-17/h1,17H,6-13H2,2-4H3. The molecule has 6 heteroatoms. The number of hydrogen-bond acceptors (Lipinski definition) is 5. The molecule has 6 nitrogen and oxygen atoms in total. The Kier molecular flexibility index (Phi) is 10.7. The van der Waals surface area contributed by atoms with Crippen LogP contribution in [0.25, 0.3) is 0 Å². The van der Waals surface area contributed by atoms with Gasteiger partial charge in [-0.05, 0) is 20.8 Å². The first-order chi connectivity index (χ1) is 9.90. The maximum Gasteiger partial charge on any atom is 0.410 e. The maximum absolute atomic E-state index is 12.0. The van der Waals surface area contributed by atoms with Crippen molar-refractivity contribution in [2.45, 2.75) is 32.8 Å². The molecule has 0 aliphatic rings. The van der Waals surface area contributed by atoms with Crippen molar-refractivity contribution in [2.24, 2.45) is 0 Å². The van der Waals surface area contributed by atoms with Crippen LogP contribution in [0.2, 0.25) is 0 Å². The molecule has 0 aromatic rings. The first-order valence-corrected chi connectivity index (χ1v) is 7.08. The molecule has 0 aromatic carbocycles. The van der Waals surface area contributed by atoms with E-state index in [-0.39, 0.29) is 6.61 Å². The minimum atomic E-state index is -0.537. The summed E-state index contributed by atoms with van der Waals surface area (Å²) < 4.78 is 15.7. The van der Waals surface area contributed by atoms with Crippen LogP contribution < -0.4 is 0 Å². The largest absolute Gasteiger partial charge is 0.444 e. The van der Waals surface area contributed by atoms with Gasteiger partial charge in [0.1, 0.15) is 5.60 Å². The van der Waals surface area contributed by atoms with Crippen molar-refractivity contribution in [2.75, 3.05) is 46.1 Å². The highest BCUT2D eigenvalue weighted by Gasteiger charge is 2.21. The average molecular weight is 301 g/mol. The first-order valence-electron chi connectivity index (χ1n) is 7.08. The molecule has 0 unspecified atom stereocenters. The lowest BCUT2D eigenvalue weighted by molar-refractivity contribution is 0.00824. The van der Waals surface area contributed by atoms with Crippen molar-refractivity contribution >= 4 is 6.09 Å². The Hall–Kier alpha value is -1.29. The van der Waals surface area contributed by atoms with Gasteiger partial charge >= 0.3 is 6.09 Å². The summed E-state index contributed by atoms with van der Waals surface area (Å²) in [5.74, 6) is 2.51. The van der Waals surface area contributed by atoms with E-state index in [1.807, 2.05) is 20.8 Å². The molecule has 1 N–H and O–H groups in total. The molecular weight excluding hydrogens is 274 g/mol. The monoisotopic (exact) mass is 301 g/mol. The molecular formula is C15H27NO5. The molecule has 0 heterocycles. The number of ether oxygens (including phenoxy) is 3. The van der Waals surface area contributed by atoms with Crippen molar-refractivity contribution in [3.05, 3.63) is 0 Å². The molecule has 0 spiro atoms. The van der Waals surface area contributed by atoms with Crippen LogP contribution in [-0.4, -0.2) is 67.8 Å². The van der Waals surface area contributed by atoms with E-state index in [1.54, 1.807) is 4.90 Å². The summed E-state index contributed by atoms with van der Waals surface area (Å²) in [6, 6.07) is 0. The van der Waals surface area contributed by atoms with Crippen LogP contribution in [0, 0.1) is 12.3 Å². The van der Waals surface area contributed by atoms with Gasteiger partial charge in [0, 0.05) is 19.5 Å². The molecule has 0 saturated carbocycles. The van der Waals surface area contributed by atoms with Crippen LogP contribution in [0.3, 0.4) is 0 Å².